The van der Waals surface area contributed by atoms with E-state index in [1.165, 1.54) is 38.5 Å². The van der Waals surface area contributed by atoms with Crippen molar-refractivity contribution in [3.8, 4) is 0 Å². The fraction of sp³-hybridized carbons (Fsp3) is 1.00. The van der Waals surface area contributed by atoms with Crippen LogP contribution < -0.4 is 0 Å². The number of hydrogen-bond acceptors (Lipinski definition) is 1. The van der Waals surface area contributed by atoms with Gasteiger partial charge in [-0.25, -0.2) is 0 Å². The normalized spacial score (nSPS) is 39.0. The van der Waals surface area contributed by atoms with E-state index in [1.807, 2.05) is 0 Å². The Morgan fingerprint density at radius 3 is 1.64 bits per heavy atom. The molecule has 0 heterocycles. The van der Waals surface area contributed by atoms with Gasteiger partial charge in [-0.3, -0.25) is 0 Å². The van der Waals surface area contributed by atoms with Crippen LogP contribution in [0.2, 0.25) is 0 Å². The van der Waals surface area contributed by atoms with Crippen molar-refractivity contribution in [1.29, 1.82) is 0 Å². The van der Waals surface area contributed by atoms with E-state index in [-0.39, 0.29) is 0 Å². The van der Waals surface area contributed by atoms with Crippen molar-refractivity contribution in [2.45, 2.75) is 38.5 Å². The van der Waals surface area contributed by atoms with Gasteiger partial charge < -0.3 is 5.11 Å². The molecule has 0 spiro atoms. The Kier molecular flexibility index (Phi) is 2.17. The summed E-state index contributed by atoms with van der Waals surface area (Å²) < 4.78 is 0. The minimum Gasteiger partial charge on any atom is -0.396 e. The van der Waals surface area contributed by atoms with Crippen molar-refractivity contribution in [1.82, 2.24) is 0 Å². The average molecular weight is 154 g/mol. The molecule has 11 heavy (non-hydrogen) atoms. The first-order valence-electron chi connectivity index (χ1n) is 5.01. The molecule has 0 unspecified atom stereocenters. The fourth-order valence-corrected chi connectivity index (χ4v) is 2.41. The van der Waals surface area contributed by atoms with Crippen LogP contribution in [-0.4, -0.2) is 11.7 Å². The summed E-state index contributed by atoms with van der Waals surface area (Å²) in [5, 5.41) is 8.93. The Labute approximate surface area is 68.8 Å². The van der Waals surface area contributed by atoms with E-state index in [2.05, 4.69) is 0 Å². The fourth-order valence-electron chi connectivity index (χ4n) is 2.41. The van der Waals surface area contributed by atoms with Crippen LogP contribution >= 0.6 is 0 Å². The highest BCUT2D eigenvalue weighted by molar-refractivity contribution is 4.84. The summed E-state index contributed by atoms with van der Waals surface area (Å²) in [6.45, 7) is 0.428. The molecule has 1 heteroatoms. The Morgan fingerprint density at radius 1 is 0.818 bits per heavy atom. The lowest BCUT2D eigenvalue weighted by atomic mass is 9.80. The summed E-state index contributed by atoms with van der Waals surface area (Å²) in [5.74, 6) is 2.78. The van der Waals surface area contributed by atoms with E-state index in [0.717, 1.165) is 11.8 Å². The van der Waals surface area contributed by atoms with Crippen molar-refractivity contribution in [2.75, 3.05) is 6.61 Å². The standard InChI is InChI=1S/C10H18O/c11-7-8-1-3-9(4-2-8)10-5-6-10/h8-11H,1-7H2/t8-,9-. The summed E-state index contributed by atoms with van der Waals surface area (Å²) >= 11 is 0. The lowest BCUT2D eigenvalue weighted by Crippen LogP contribution is -2.18. The van der Waals surface area contributed by atoms with Crippen molar-refractivity contribution in [3.05, 3.63) is 0 Å². The third kappa shape index (κ3) is 1.76. The van der Waals surface area contributed by atoms with Crippen LogP contribution in [0.4, 0.5) is 0 Å². The van der Waals surface area contributed by atoms with Crippen LogP contribution in [0.25, 0.3) is 0 Å². The zero-order chi connectivity index (χ0) is 7.68. The second-order valence-electron chi connectivity index (χ2n) is 4.30. The van der Waals surface area contributed by atoms with Crippen LogP contribution in [0, 0.1) is 17.8 Å². The van der Waals surface area contributed by atoms with Gasteiger partial charge in [-0.1, -0.05) is 0 Å². The molecular weight excluding hydrogens is 136 g/mol. The Hall–Kier alpha value is -0.0400. The molecular formula is C10H18O. The van der Waals surface area contributed by atoms with Crippen LogP contribution in [-0.2, 0) is 0 Å². The summed E-state index contributed by atoms with van der Waals surface area (Å²) in [6.07, 6.45) is 8.37. The van der Waals surface area contributed by atoms with Gasteiger partial charge in [0, 0.05) is 6.61 Å². The topological polar surface area (TPSA) is 20.2 Å². The first-order chi connectivity index (χ1) is 5.40. The van der Waals surface area contributed by atoms with Gasteiger partial charge in [0.2, 0.25) is 0 Å². The molecule has 0 radical (unpaired) electrons. The minimum absolute atomic E-state index is 0.428. The highest BCUT2D eigenvalue weighted by atomic mass is 16.3. The number of hydrogen-bond donors (Lipinski definition) is 1. The molecule has 2 saturated carbocycles. The van der Waals surface area contributed by atoms with Crippen LogP contribution in [0.15, 0.2) is 0 Å². The van der Waals surface area contributed by atoms with Gasteiger partial charge in [-0.2, -0.15) is 0 Å². The number of aliphatic hydroxyl groups excluding tert-OH is 1. The molecule has 0 aliphatic heterocycles. The lowest BCUT2D eigenvalue weighted by Gasteiger charge is -2.26. The molecule has 0 aromatic rings. The number of rotatable bonds is 2. The van der Waals surface area contributed by atoms with E-state index in [4.69, 9.17) is 5.11 Å². The zero-order valence-electron chi connectivity index (χ0n) is 7.13. The first kappa shape index (κ1) is 7.60. The summed E-state index contributed by atoms with van der Waals surface area (Å²) in [7, 11) is 0. The molecule has 0 atom stereocenters. The van der Waals surface area contributed by atoms with Gasteiger partial charge in [0.25, 0.3) is 0 Å². The molecule has 0 aromatic heterocycles. The van der Waals surface area contributed by atoms with Gasteiger partial charge in [0.15, 0.2) is 0 Å². The molecule has 1 N–H and O–H groups in total. The van der Waals surface area contributed by atoms with Crippen molar-refractivity contribution in [3.63, 3.8) is 0 Å². The van der Waals surface area contributed by atoms with E-state index in [0.29, 0.717) is 12.5 Å². The number of aliphatic hydroxyl groups is 1. The highest BCUT2D eigenvalue weighted by Gasteiger charge is 2.33. The predicted molar refractivity (Wildman–Crippen MR) is 45.3 cm³/mol. The largest absolute Gasteiger partial charge is 0.396 e. The maximum atomic E-state index is 8.93. The highest BCUT2D eigenvalue weighted by Crippen LogP contribution is 2.44. The predicted octanol–water partition coefficient (Wildman–Crippen LogP) is 2.20. The van der Waals surface area contributed by atoms with Gasteiger partial charge in [0.1, 0.15) is 0 Å². The molecule has 2 rings (SSSR count). The molecule has 0 aromatic carbocycles. The minimum atomic E-state index is 0.428. The van der Waals surface area contributed by atoms with E-state index < -0.39 is 0 Å². The smallest absolute Gasteiger partial charge is 0.0459 e. The molecule has 64 valence electrons. The van der Waals surface area contributed by atoms with E-state index in [1.54, 1.807) is 0 Å². The van der Waals surface area contributed by atoms with Gasteiger partial charge >= 0.3 is 0 Å². The SMILES string of the molecule is OC[C@H]1CC[C@H](C2CC2)CC1. The maximum Gasteiger partial charge on any atom is 0.0459 e. The average Bonchev–Trinajstić information content (AvgIpc) is 2.87. The zero-order valence-corrected chi connectivity index (χ0v) is 7.13. The molecule has 2 aliphatic rings. The van der Waals surface area contributed by atoms with E-state index >= 15 is 0 Å². The van der Waals surface area contributed by atoms with E-state index in [9.17, 15) is 0 Å². The maximum absolute atomic E-state index is 8.93. The van der Waals surface area contributed by atoms with Crippen molar-refractivity contribution >= 4 is 0 Å². The Morgan fingerprint density at radius 2 is 1.27 bits per heavy atom. The first-order valence-corrected chi connectivity index (χ1v) is 5.01. The summed E-state index contributed by atoms with van der Waals surface area (Å²) in [6, 6.07) is 0. The van der Waals surface area contributed by atoms with Crippen molar-refractivity contribution < 1.29 is 5.11 Å². The molecule has 1 nitrogen and oxygen atoms in total. The summed E-state index contributed by atoms with van der Waals surface area (Å²) in [4.78, 5) is 0. The second-order valence-corrected chi connectivity index (χ2v) is 4.30. The Bertz CT molecular complexity index is 121. The monoisotopic (exact) mass is 154 g/mol. The van der Waals surface area contributed by atoms with Gasteiger partial charge in [-0.15, -0.1) is 0 Å². The third-order valence-electron chi connectivity index (χ3n) is 3.44. The molecule has 0 amide bonds. The van der Waals surface area contributed by atoms with Crippen molar-refractivity contribution in [2.24, 2.45) is 17.8 Å². The van der Waals surface area contributed by atoms with Crippen LogP contribution in [0.5, 0.6) is 0 Å². The third-order valence-corrected chi connectivity index (χ3v) is 3.44. The van der Waals surface area contributed by atoms with Crippen LogP contribution in [0.3, 0.4) is 0 Å². The molecule has 2 fully saturated rings. The van der Waals surface area contributed by atoms with Gasteiger partial charge in [0.05, 0.1) is 0 Å². The second kappa shape index (κ2) is 3.14. The van der Waals surface area contributed by atoms with Crippen LogP contribution in [0.1, 0.15) is 38.5 Å². The summed E-state index contributed by atoms with van der Waals surface area (Å²) in [5.41, 5.74) is 0. The quantitative estimate of drug-likeness (QED) is 0.646. The Balaban J connectivity index is 1.75. The molecule has 0 bridgehead atoms. The molecule has 2 aliphatic carbocycles. The lowest BCUT2D eigenvalue weighted by molar-refractivity contribution is 0.160. The molecule has 0 saturated heterocycles. The van der Waals surface area contributed by atoms with Gasteiger partial charge in [-0.05, 0) is 56.3 Å².